The number of ether oxygens (including phenoxy) is 1. The van der Waals surface area contributed by atoms with E-state index in [1.165, 1.54) is 7.11 Å². The maximum atomic E-state index is 13.8. The Hall–Kier alpha value is -4.46. The number of allylic oxidation sites excluding steroid dienone is 1. The monoisotopic (exact) mass is 482 g/mol. The normalized spacial score (nSPS) is 15.1. The Morgan fingerprint density at radius 3 is 2.33 bits per heavy atom. The molecule has 1 saturated heterocycles. The van der Waals surface area contributed by atoms with Gasteiger partial charge in [-0.05, 0) is 42.0 Å². The van der Waals surface area contributed by atoms with E-state index in [0.717, 1.165) is 28.1 Å². The molecule has 182 valence electrons. The summed E-state index contributed by atoms with van der Waals surface area (Å²) in [7, 11) is 1.36. The minimum atomic E-state index is -0.387. The number of hydrogen-bond acceptors (Lipinski definition) is 6. The van der Waals surface area contributed by atoms with Crippen molar-refractivity contribution in [2.24, 2.45) is 4.99 Å². The maximum Gasteiger partial charge on any atom is 0.409 e. The molecule has 0 unspecified atom stereocenters. The standard InChI is InChI=1S/C28H26N4O4/c1-36-28(35)32-15-13-31(14-16-32)27(34)22-17-24(20-8-10-21(33)11-9-20)30-25-18-29-23(26(22)25)12-7-19-5-3-2-4-6-19/h2-12,17,33H,13-16,18H2,1H3/b12-7+. The molecule has 0 bridgehead atoms. The Morgan fingerprint density at radius 1 is 0.944 bits per heavy atom. The number of phenols is 1. The lowest BCUT2D eigenvalue weighted by atomic mass is 9.98. The van der Waals surface area contributed by atoms with Crippen molar-refractivity contribution in [1.29, 1.82) is 0 Å². The molecular weight excluding hydrogens is 456 g/mol. The van der Waals surface area contributed by atoms with Crippen LogP contribution >= 0.6 is 0 Å². The van der Waals surface area contributed by atoms with Crippen molar-refractivity contribution in [2.75, 3.05) is 33.3 Å². The fourth-order valence-electron chi connectivity index (χ4n) is 4.45. The zero-order valence-electron chi connectivity index (χ0n) is 19.9. The van der Waals surface area contributed by atoms with E-state index in [2.05, 4.69) is 4.99 Å². The Bertz CT molecular complexity index is 1340. The smallest absolute Gasteiger partial charge is 0.409 e. The highest BCUT2D eigenvalue weighted by molar-refractivity contribution is 6.18. The first-order valence-corrected chi connectivity index (χ1v) is 11.8. The van der Waals surface area contributed by atoms with Crippen LogP contribution in [-0.4, -0.2) is 70.9 Å². The minimum absolute atomic E-state index is 0.124. The molecule has 1 N–H and O–H groups in total. The van der Waals surface area contributed by atoms with Gasteiger partial charge < -0.3 is 19.6 Å². The van der Waals surface area contributed by atoms with Gasteiger partial charge in [-0.2, -0.15) is 0 Å². The number of nitrogens with zero attached hydrogens (tertiary/aromatic N) is 4. The van der Waals surface area contributed by atoms with E-state index in [1.807, 2.05) is 42.5 Å². The van der Waals surface area contributed by atoms with E-state index in [4.69, 9.17) is 9.72 Å². The Balaban J connectivity index is 1.50. The Labute approximate surface area is 209 Å². The summed E-state index contributed by atoms with van der Waals surface area (Å²) in [6.45, 7) is 2.01. The topological polar surface area (TPSA) is 95.3 Å². The summed E-state index contributed by atoms with van der Waals surface area (Å²) >= 11 is 0. The number of methoxy groups -OCH3 is 1. The molecule has 2 aliphatic rings. The Kier molecular flexibility index (Phi) is 6.49. The molecule has 2 aromatic carbocycles. The molecule has 8 nitrogen and oxygen atoms in total. The number of benzene rings is 2. The van der Waals surface area contributed by atoms with Crippen molar-refractivity contribution in [3.05, 3.63) is 89.1 Å². The fraction of sp³-hybridized carbons (Fsp3) is 0.214. The molecule has 0 saturated carbocycles. The third kappa shape index (κ3) is 4.70. The van der Waals surface area contributed by atoms with Crippen LogP contribution in [0.25, 0.3) is 17.3 Å². The van der Waals surface area contributed by atoms with Gasteiger partial charge in [0.2, 0.25) is 0 Å². The molecule has 3 aromatic rings. The number of carbonyl (C=O) groups excluding carboxylic acids is 2. The van der Waals surface area contributed by atoms with Crippen LogP contribution in [0.3, 0.4) is 0 Å². The van der Waals surface area contributed by atoms with Crippen molar-refractivity contribution in [2.45, 2.75) is 6.54 Å². The first-order chi connectivity index (χ1) is 17.5. The number of piperazine rings is 1. The van der Waals surface area contributed by atoms with Crippen LogP contribution < -0.4 is 0 Å². The highest BCUT2D eigenvalue weighted by Gasteiger charge is 2.30. The first kappa shape index (κ1) is 23.3. The summed E-state index contributed by atoms with van der Waals surface area (Å²) in [6, 6.07) is 18.5. The molecule has 1 aromatic heterocycles. The van der Waals surface area contributed by atoms with Gasteiger partial charge in [-0.3, -0.25) is 14.8 Å². The van der Waals surface area contributed by atoms with Gasteiger partial charge in [0.1, 0.15) is 5.75 Å². The van der Waals surface area contributed by atoms with Crippen LogP contribution in [0.2, 0.25) is 0 Å². The average Bonchev–Trinajstić information content (AvgIpc) is 3.34. The highest BCUT2D eigenvalue weighted by Crippen LogP contribution is 2.30. The second-order valence-electron chi connectivity index (χ2n) is 8.62. The number of carbonyl (C=O) groups is 2. The number of fused-ring (bicyclic) bond motifs is 1. The molecule has 0 spiro atoms. The van der Waals surface area contributed by atoms with Crippen molar-refractivity contribution < 1.29 is 19.4 Å². The number of rotatable bonds is 4. The number of aromatic hydroxyl groups is 1. The van der Waals surface area contributed by atoms with Gasteiger partial charge >= 0.3 is 6.09 Å². The zero-order valence-corrected chi connectivity index (χ0v) is 19.9. The number of aliphatic imine (C=N–C) groups is 1. The second kappa shape index (κ2) is 10.0. The van der Waals surface area contributed by atoms with Crippen molar-refractivity contribution in [1.82, 2.24) is 14.8 Å². The van der Waals surface area contributed by atoms with Crippen LogP contribution in [-0.2, 0) is 11.3 Å². The molecule has 2 amide bonds. The van der Waals surface area contributed by atoms with Gasteiger partial charge in [0.15, 0.2) is 0 Å². The van der Waals surface area contributed by atoms with E-state index < -0.39 is 0 Å². The van der Waals surface area contributed by atoms with Crippen LogP contribution in [0.1, 0.15) is 27.2 Å². The lowest BCUT2D eigenvalue weighted by molar-refractivity contribution is 0.0599. The predicted octanol–water partition coefficient (Wildman–Crippen LogP) is 3.99. The summed E-state index contributed by atoms with van der Waals surface area (Å²) in [5.41, 5.74) is 5.21. The van der Waals surface area contributed by atoms with E-state index in [-0.39, 0.29) is 17.7 Å². The predicted molar refractivity (Wildman–Crippen MR) is 137 cm³/mol. The quantitative estimate of drug-likeness (QED) is 0.607. The number of hydrogen-bond donors (Lipinski definition) is 1. The van der Waals surface area contributed by atoms with Gasteiger partial charge in [0.25, 0.3) is 5.91 Å². The van der Waals surface area contributed by atoms with Crippen LogP contribution in [0.15, 0.2) is 71.7 Å². The summed E-state index contributed by atoms with van der Waals surface area (Å²) in [5, 5.41) is 9.69. The van der Waals surface area contributed by atoms with E-state index in [0.29, 0.717) is 44.0 Å². The first-order valence-electron chi connectivity index (χ1n) is 11.8. The zero-order chi connectivity index (χ0) is 25.1. The highest BCUT2D eigenvalue weighted by atomic mass is 16.5. The number of pyridine rings is 1. The fourth-order valence-corrected chi connectivity index (χ4v) is 4.45. The molecule has 1 fully saturated rings. The summed E-state index contributed by atoms with van der Waals surface area (Å²) < 4.78 is 4.82. The van der Waals surface area contributed by atoms with Crippen molar-refractivity contribution >= 4 is 23.8 Å². The van der Waals surface area contributed by atoms with Crippen molar-refractivity contribution in [3.8, 4) is 17.0 Å². The average molecular weight is 483 g/mol. The number of aromatic nitrogens is 1. The van der Waals surface area contributed by atoms with Crippen LogP contribution in [0.4, 0.5) is 4.79 Å². The number of phenolic OH excluding ortho intramolecular Hbond substituents is 1. The van der Waals surface area contributed by atoms with Crippen molar-refractivity contribution in [3.63, 3.8) is 0 Å². The molecule has 36 heavy (non-hydrogen) atoms. The second-order valence-corrected chi connectivity index (χ2v) is 8.62. The van der Waals surface area contributed by atoms with E-state index in [9.17, 15) is 14.7 Å². The van der Waals surface area contributed by atoms with E-state index in [1.54, 1.807) is 40.1 Å². The lowest BCUT2D eigenvalue weighted by Gasteiger charge is -2.34. The maximum absolute atomic E-state index is 13.8. The van der Waals surface area contributed by atoms with Gasteiger partial charge in [0.05, 0.1) is 36.3 Å². The van der Waals surface area contributed by atoms with Gasteiger partial charge in [-0.15, -0.1) is 0 Å². The molecule has 8 heteroatoms. The summed E-state index contributed by atoms with van der Waals surface area (Å²) in [5.74, 6) is 0.0391. The molecule has 0 radical (unpaired) electrons. The third-order valence-electron chi connectivity index (χ3n) is 6.38. The molecule has 3 heterocycles. The largest absolute Gasteiger partial charge is 0.508 e. The lowest BCUT2D eigenvalue weighted by Crippen LogP contribution is -2.50. The van der Waals surface area contributed by atoms with Gasteiger partial charge in [0, 0.05) is 37.3 Å². The molecular formula is C28H26N4O4. The van der Waals surface area contributed by atoms with Gasteiger partial charge in [-0.25, -0.2) is 4.79 Å². The molecule has 0 atom stereocenters. The van der Waals surface area contributed by atoms with Gasteiger partial charge in [-0.1, -0.05) is 36.4 Å². The molecule has 0 aliphatic carbocycles. The third-order valence-corrected chi connectivity index (χ3v) is 6.38. The Morgan fingerprint density at radius 2 is 1.64 bits per heavy atom. The molecule has 2 aliphatic heterocycles. The SMILES string of the molecule is COC(=O)N1CCN(C(=O)c2cc(-c3ccc(O)cc3)nc3c2C(/C=C/c2ccccc2)=NC3)CC1. The summed E-state index contributed by atoms with van der Waals surface area (Å²) in [6.07, 6.45) is 3.52. The minimum Gasteiger partial charge on any atom is -0.508 e. The van der Waals surface area contributed by atoms with Crippen LogP contribution in [0.5, 0.6) is 5.75 Å². The number of amides is 2. The summed E-state index contributed by atoms with van der Waals surface area (Å²) in [4.78, 5) is 38.5. The van der Waals surface area contributed by atoms with Crippen LogP contribution in [0, 0.1) is 0 Å². The molecule has 5 rings (SSSR count). The van der Waals surface area contributed by atoms with E-state index >= 15 is 0 Å².